The molecule has 0 atom stereocenters. The molecule has 0 unspecified atom stereocenters. The molecule has 0 N–H and O–H groups in total. The van der Waals surface area contributed by atoms with Gasteiger partial charge in [-0.05, 0) is 0 Å². The summed E-state index contributed by atoms with van der Waals surface area (Å²) in [6.45, 7) is 11.0. The summed E-state index contributed by atoms with van der Waals surface area (Å²) in [4.78, 5) is 0. The van der Waals surface area contributed by atoms with Gasteiger partial charge in [0.2, 0.25) is 0 Å². The van der Waals surface area contributed by atoms with Crippen molar-refractivity contribution >= 4 is 18.4 Å². The van der Waals surface area contributed by atoms with Crippen LogP contribution in [0.15, 0.2) is 12.7 Å². The summed E-state index contributed by atoms with van der Waals surface area (Å²) in [6, 6.07) is 0. The van der Waals surface area contributed by atoms with Crippen molar-refractivity contribution in [1.82, 2.24) is 0 Å². The predicted molar refractivity (Wildman–Crippen MR) is 84.5 cm³/mol. The second-order valence-corrected chi connectivity index (χ2v) is 19.9. The van der Waals surface area contributed by atoms with Crippen LogP contribution in [0.3, 0.4) is 0 Å². The quantitative estimate of drug-likeness (QED) is 0.269. The molecule has 110 valence electrons. The molecule has 0 heterocycles. The Balaban J connectivity index is 0. The van der Waals surface area contributed by atoms with E-state index in [2.05, 4.69) is 33.4 Å². The molecule has 0 aliphatic carbocycles. The topological polar surface area (TPSA) is 0 Å². The van der Waals surface area contributed by atoms with Crippen LogP contribution in [-0.4, -0.2) is 18.4 Å². The molecule has 0 fully saturated rings. The number of hydrogen-bond donors (Lipinski definition) is 0. The Bertz CT molecular complexity index is 158. The Morgan fingerprint density at radius 1 is 0.778 bits per heavy atom. The molecular formula is C16H34ArSn. The van der Waals surface area contributed by atoms with Crippen LogP contribution in [-0.2, 0) is 0 Å². The molecule has 0 spiro atoms. The Hall–Kier alpha value is 1.80. The Morgan fingerprint density at radius 2 is 1.17 bits per heavy atom. The van der Waals surface area contributed by atoms with Gasteiger partial charge in [-0.1, -0.05) is 0 Å². The zero-order valence-electron chi connectivity index (χ0n) is 12.9. The van der Waals surface area contributed by atoms with E-state index in [1.165, 1.54) is 44.9 Å². The molecule has 0 saturated heterocycles. The van der Waals surface area contributed by atoms with Crippen LogP contribution in [0.5, 0.6) is 0 Å². The summed E-state index contributed by atoms with van der Waals surface area (Å²) < 4.78 is 6.54. The van der Waals surface area contributed by atoms with Gasteiger partial charge in [0.15, 0.2) is 0 Å². The summed E-state index contributed by atoms with van der Waals surface area (Å²) in [7, 11) is 0. The number of hydrogen-bond acceptors (Lipinski definition) is 0. The molecule has 0 aromatic heterocycles. The Morgan fingerprint density at radius 3 is 1.44 bits per heavy atom. The van der Waals surface area contributed by atoms with Crippen LogP contribution in [0.2, 0.25) is 17.7 Å². The molecule has 0 bridgehead atoms. The van der Waals surface area contributed by atoms with Gasteiger partial charge in [0, 0.05) is 37.7 Å². The molecular weight excluding hydrogens is 351 g/mol. The standard InChI is InChI=1S/3C4H9.C4H7.Ar.Sn/c4*1-3-4-2;;/h3*1,3-4H2,2H3;3H,1-2,4H2;;. The van der Waals surface area contributed by atoms with Gasteiger partial charge in [-0.3, -0.25) is 0 Å². The number of unbranched alkanes of at least 4 members (excludes halogenated alkanes) is 3. The van der Waals surface area contributed by atoms with Gasteiger partial charge < -0.3 is 0 Å². The Kier molecular flexibility index (Phi) is 18.6. The number of rotatable bonds is 12. The molecule has 0 aromatic rings. The third-order valence-electron chi connectivity index (χ3n) is 4.06. The summed E-state index contributed by atoms with van der Waals surface area (Å²) >= 11 is -1.76. The SMILES string of the molecule is C=CC[CH2][Sn]([CH2]CCC)([CH2]CCC)[CH2]CCC.[Ar]. The smallest absolute Gasteiger partial charge is 0 e. The summed E-state index contributed by atoms with van der Waals surface area (Å²) in [5, 5.41) is 0. The van der Waals surface area contributed by atoms with Crippen molar-refractivity contribution in [2.24, 2.45) is 0 Å². The fraction of sp³-hybridized carbons (Fsp3) is 0.875. The first-order valence-corrected chi connectivity index (χ1v) is 15.9. The molecule has 0 rings (SSSR count). The first-order chi connectivity index (χ1) is 8.24. The maximum atomic E-state index is 3.94. The van der Waals surface area contributed by atoms with Crippen molar-refractivity contribution in [3.05, 3.63) is 12.7 Å². The predicted octanol–water partition coefficient (Wildman–Crippen LogP) is 6.41. The van der Waals surface area contributed by atoms with Gasteiger partial charge in [-0.2, -0.15) is 0 Å². The molecule has 2 heteroatoms. The molecule has 0 aliphatic heterocycles. The molecule has 0 radical (unpaired) electrons. The average Bonchev–Trinajstić information content (AvgIpc) is 2.37. The summed E-state index contributed by atoms with van der Waals surface area (Å²) in [5.41, 5.74) is 0. The van der Waals surface area contributed by atoms with Crippen LogP contribution >= 0.6 is 0 Å². The van der Waals surface area contributed by atoms with Crippen LogP contribution in [0.25, 0.3) is 0 Å². The second kappa shape index (κ2) is 15.2. The van der Waals surface area contributed by atoms with Gasteiger partial charge in [0.1, 0.15) is 0 Å². The van der Waals surface area contributed by atoms with E-state index in [-0.39, 0.29) is 37.7 Å². The van der Waals surface area contributed by atoms with E-state index in [1.807, 2.05) is 0 Å². The number of allylic oxidation sites excluding steroid dienone is 1. The second-order valence-electron chi connectivity index (χ2n) is 5.64. The van der Waals surface area contributed by atoms with E-state index < -0.39 is 18.4 Å². The molecule has 0 aliphatic rings. The normalized spacial score (nSPS) is 11.1. The maximum absolute atomic E-state index is 3.94. The van der Waals surface area contributed by atoms with Crippen LogP contribution < -0.4 is 0 Å². The summed E-state index contributed by atoms with van der Waals surface area (Å²) in [6.07, 6.45) is 12.1. The maximum Gasteiger partial charge on any atom is 0 e. The molecule has 0 aromatic carbocycles. The first-order valence-electron chi connectivity index (χ1n) is 7.85. The van der Waals surface area contributed by atoms with E-state index in [1.54, 1.807) is 17.7 Å². The minimum absolute atomic E-state index is 0. The van der Waals surface area contributed by atoms with Crippen LogP contribution in [0.1, 0.15) is 65.7 Å². The van der Waals surface area contributed by atoms with Crippen molar-refractivity contribution in [1.29, 1.82) is 0 Å². The first kappa shape index (κ1) is 22.1. The van der Waals surface area contributed by atoms with Crippen LogP contribution in [0, 0.1) is 37.7 Å². The van der Waals surface area contributed by atoms with Crippen molar-refractivity contribution in [3.8, 4) is 0 Å². The zero-order chi connectivity index (χ0) is 13.0. The van der Waals surface area contributed by atoms with Crippen molar-refractivity contribution in [2.75, 3.05) is 0 Å². The minimum Gasteiger partial charge on any atom is 0 e. The van der Waals surface area contributed by atoms with Crippen molar-refractivity contribution in [3.63, 3.8) is 0 Å². The minimum atomic E-state index is -1.76. The molecule has 0 saturated carbocycles. The summed E-state index contributed by atoms with van der Waals surface area (Å²) in [5.74, 6) is 0. The largest absolute Gasteiger partial charge is 0 e. The van der Waals surface area contributed by atoms with Gasteiger partial charge >= 0.3 is 114 Å². The van der Waals surface area contributed by atoms with Gasteiger partial charge in [0.05, 0.1) is 0 Å². The van der Waals surface area contributed by atoms with E-state index in [4.69, 9.17) is 0 Å². The Labute approximate surface area is 150 Å². The molecule has 18 heavy (non-hydrogen) atoms. The van der Waals surface area contributed by atoms with Gasteiger partial charge in [-0.25, -0.2) is 0 Å². The fourth-order valence-electron chi connectivity index (χ4n) is 2.81. The fourth-order valence-corrected chi connectivity index (χ4v) is 18.9. The van der Waals surface area contributed by atoms with Gasteiger partial charge in [0.25, 0.3) is 0 Å². The van der Waals surface area contributed by atoms with E-state index >= 15 is 0 Å². The van der Waals surface area contributed by atoms with E-state index in [0.29, 0.717) is 0 Å². The third kappa shape index (κ3) is 10.6. The molecule has 0 nitrogen and oxygen atoms in total. The molecule has 0 amide bonds. The van der Waals surface area contributed by atoms with Crippen molar-refractivity contribution < 1.29 is 37.7 Å². The average molecular weight is 385 g/mol. The van der Waals surface area contributed by atoms with E-state index in [0.717, 1.165) is 0 Å². The monoisotopic (exact) mass is 386 g/mol. The zero-order valence-corrected chi connectivity index (χ0v) is 16.5. The van der Waals surface area contributed by atoms with E-state index in [9.17, 15) is 0 Å². The van der Waals surface area contributed by atoms with Crippen LogP contribution in [0.4, 0.5) is 0 Å². The van der Waals surface area contributed by atoms with Gasteiger partial charge in [-0.15, -0.1) is 0 Å². The van der Waals surface area contributed by atoms with Crippen molar-refractivity contribution in [2.45, 2.75) is 83.5 Å². The third-order valence-corrected chi connectivity index (χ3v) is 20.0.